The average molecular weight is 1960 g/mol. The largest absolute Gasteiger partial charge is 0.481 e. The van der Waals surface area contributed by atoms with Crippen molar-refractivity contribution in [3.8, 4) is 12.1 Å². The molecule has 6 aromatic heterocycles. The molecule has 0 radical (unpaired) electrons. The van der Waals surface area contributed by atoms with Gasteiger partial charge in [-0.05, 0) is 204 Å². The Morgan fingerprint density at radius 3 is 1.39 bits per heavy atom. The van der Waals surface area contributed by atoms with Gasteiger partial charge in [-0.25, -0.2) is 39.3 Å². The highest BCUT2D eigenvalue weighted by Gasteiger charge is 2.36. The number of ketones is 1. The summed E-state index contributed by atoms with van der Waals surface area (Å²) in [7, 11) is 2.11. The van der Waals surface area contributed by atoms with Gasteiger partial charge in [-0.3, -0.25) is 24.9 Å². The fraction of sp³-hybridized carbons (Fsp3) is 0.559. The second-order valence-electron chi connectivity index (χ2n) is 32.9. The number of hydrogen-bond acceptors (Lipinski definition) is 30. The third-order valence-electron chi connectivity index (χ3n) is 19.9. The zero-order valence-corrected chi connectivity index (χ0v) is 83.2. The number of H-pyrrole nitrogens is 3. The summed E-state index contributed by atoms with van der Waals surface area (Å²) in [5.74, 6) is 1.07. The molecule has 728 valence electrons. The molecule has 4 aliphatic carbocycles. The van der Waals surface area contributed by atoms with Crippen LogP contribution in [0.5, 0.6) is 0 Å². The molecular weight excluding hydrogens is 1830 g/mol. The smallest absolute Gasteiger partial charge is 0.340 e. The first-order valence-electron chi connectivity index (χ1n) is 43.4. The molecule has 2 aliphatic heterocycles. The predicted molar refractivity (Wildman–Crippen MR) is 518 cm³/mol. The maximum Gasteiger partial charge on any atom is 0.340 e. The molecule has 1 saturated carbocycles. The van der Waals surface area contributed by atoms with E-state index in [0.29, 0.717) is 87.0 Å². The van der Waals surface area contributed by atoms with Crippen molar-refractivity contribution in [3.05, 3.63) is 168 Å². The van der Waals surface area contributed by atoms with Crippen LogP contribution in [0.2, 0.25) is 15.7 Å². The molecule has 0 amide bonds. The molecule has 2 saturated heterocycles. The van der Waals surface area contributed by atoms with E-state index in [9.17, 15) is 29.1 Å². The highest BCUT2D eigenvalue weighted by molar-refractivity contribution is 9.09. The first-order valence-corrected chi connectivity index (χ1v) is 45.7. The molecule has 0 aromatic carbocycles. The molecule has 0 bridgehead atoms. The van der Waals surface area contributed by atoms with Crippen molar-refractivity contribution in [1.82, 2.24) is 65.4 Å². The van der Waals surface area contributed by atoms with E-state index in [1.54, 1.807) is 94.2 Å². The Labute approximate surface area is 801 Å². The summed E-state index contributed by atoms with van der Waals surface area (Å²) in [6.45, 7) is 56.2. The van der Waals surface area contributed by atoms with Gasteiger partial charge in [0.05, 0.1) is 111 Å². The van der Waals surface area contributed by atoms with E-state index in [1.165, 1.54) is 20.8 Å². The molecule has 39 heteroatoms. The number of esters is 2. The Balaban J connectivity index is 0.000000518. The number of allylic oxidation sites excluding steroid dienone is 1. The van der Waals surface area contributed by atoms with Gasteiger partial charge >= 0.3 is 23.9 Å². The van der Waals surface area contributed by atoms with Crippen molar-refractivity contribution in [2.24, 2.45) is 5.92 Å². The van der Waals surface area contributed by atoms with Crippen LogP contribution in [-0.4, -0.2) is 225 Å². The maximum absolute atomic E-state index is 11.6. The van der Waals surface area contributed by atoms with Gasteiger partial charge in [-0.2, -0.15) is 30.8 Å². The van der Waals surface area contributed by atoms with Gasteiger partial charge < -0.3 is 79.4 Å². The number of carboxylic acids is 2. The van der Waals surface area contributed by atoms with Crippen LogP contribution in [0.4, 0.5) is 35.0 Å². The minimum Gasteiger partial charge on any atom is -0.481 e. The number of morpholine rings is 1. The summed E-state index contributed by atoms with van der Waals surface area (Å²) in [6.07, 6.45) is 24.3. The van der Waals surface area contributed by atoms with Gasteiger partial charge in [-0.15, -0.1) is 39.5 Å². The van der Waals surface area contributed by atoms with Crippen LogP contribution >= 0.6 is 50.7 Å². The minimum atomic E-state index is -1.39. The summed E-state index contributed by atoms with van der Waals surface area (Å²) in [5.41, 5.74) is 9.83. The molecular formula is C93H138BrCl3N19O16+. The molecule has 132 heavy (non-hydrogen) atoms. The number of carbonyl (C=O) groups is 5. The van der Waals surface area contributed by atoms with Crippen molar-refractivity contribution >= 4 is 115 Å². The third-order valence-corrected chi connectivity index (χ3v) is 21.0. The van der Waals surface area contributed by atoms with Crippen LogP contribution < -0.4 is 21.3 Å². The minimum absolute atomic E-state index is 0.0185. The molecule has 35 nitrogen and oxygen atoms in total. The number of nitrogens with zero attached hydrogens (tertiary/aromatic N) is 13. The lowest BCUT2D eigenvalue weighted by atomic mass is 10.0. The second-order valence-corrected chi connectivity index (χ2v) is 34.6. The van der Waals surface area contributed by atoms with Crippen LogP contribution in [0, 0.1) is 35.5 Å². The molecule has 1 unspecified atom stereocenters. The predicted octanol–water partition coefficient (Wildman–Crippen LogP) is 16.6. The van der Waals surface area contributed by atoms with Crippen molar-refractivity contribution in [3.63, 3.8) is 0 Å². The maximum atomic E-state index is 11.6. The van der Waals surface area contributed by atoms with Crippen LogP contribution in [0.3, 0.4) is 0 Å². The number of Topliss-reactive ketones (excluding diaryl/α,β-unsaturated/α-hetero) is 1. The van der Waals surface area contributed by atoms with Crippen LogP contribution in [0.15, 0.2) is 94.1 Å². The molecule has 6 aromatic rings. The van der Waals surface area contributed by atoms with Gasteiger partial charge in [0.25, 0.3) is 0 Å². The van der Waals surface area contributed by atoms with E-state index in [2.05, 4.69) is 140 Å². The van der Waals surface area contributed by atoms with Gasteiger partial charge in [0.2, 0.25) is 23.1 Å². The number of fused-ring (bicyclic) bond motifs is 3. The number of aromatic amines is 3. The second kappa shape index (κ2) is 61.0. The molecule has 3 fully saturated rings. The Hall–Kier alpha value is -10.1. The number of carbonyl (C=O) groups excluding carboxylic acids is 3. The summed E-state index contributed by atoms with van der Waals surface area (Å²) in [4.78, 5) is 84.8. The zero-order chi connectivity index (χ0) is 99.4. The number of aliphatic carboxylic acids is 2. The molecule has 6 aliphatic rings. The van der Waals surface area contributed by atoms with Crippen molar-refractivity contribution in [2.75, 3.05) is 113 Å². The normalized spacial score (nSPS) is 14.6. The van der Waals surface area contributed by atoms with Crippen molar-refractivity contribution < 1.29 is 77.2 Å². The third kappa shape index (κ3) is 42.9. The number of hydrogen-bond donors (Lipinski definition) is 9. The lowest BCUT2D eigenvalue weighted by Crippen LogP contribution is -2.37. The molecule has 12 rings (SSSR count). The first kappa shape index (κ1) is 118. The SMILES string of the molecule is C=CCBr.C=CCOC(C)(C)C(=O)CC#N.C=CCOC(C)(C)C(=O)OCC.C=CCOC(C)(C)c1cc(N)n[nH]1.C=CCOC(C)(C)c1cc(Nc2nc(Cl)nc3c2CCC3)n[nH]1.C=CCOC(C)(C)c1cc(Nc2nc(N3CCCC3C(=O)O)nc3c2CCC3)n[nH]1.CC#N.CN1CCOCC1.Clc1nc(Cl)c2c(n1)CCC2.O=C(O)C1CCCC1.[CH2+]COC(=O)C(C)(C)O. The number of ether oxygens (including phenoxy) is 8. The van der Waals surface area contributed by atoms with Gasteiger partial charge in [0.1, 0.15) is 58.0 Å². The number of nitriles is 2. The molecule has 0 spiro atoms. The Kier molecular flexibility index (Phi) is 54.5. The van der Waals surface area contributed by atoms with E-state index in [4.69, 9.17) is 104 Å². The zero-order valence-electron chi connectivity index (χ0n) is 79.4. The number of aliphatic hydroxyl groups is 1. The number of nitrogen functional groups attached to an aromatic ring is 1. The van der Waals surface area contributed by atoms with E-state index >= 15 is 0 Å². The Morgan fingerprint density at radius 1 is 0.583 bits per heavy atom. The quantitative estimate of drug-likeness (QED) is 0.00473. The van der Waals surface area contributed by atoms with Gasteiger partial charge in [0, 0.05) is 66.8 Å². The number of likely N-dealkylation sites (N-methyl/N-ethyl adjacent to an activating group) is 1. The fourth-order valence-corrected chi connectivity index (χ4v) is 13.1. The molecule has 10 N–H and O–H groups in total. The van der Waals surface area contributed by atoms with E-state index < -0.39 is 57.6 Å². The highest BCUT2D eigenvalue weighted by atomic mass is 79.9. The van der Waals surface area contributed by atoms with E-state index in [0.717, 1.165) is 178 Å². The summed E-state index contributed by atoms with van der Waals surface area (Å²) < 4.78 is 41.8. The van der Waals surface area contributed by atoms with Crippen LogP contribution in [0.1, 0.15) is 212 Å². The fourth-order valence-electron chi connectivity index (χ4n) is 12.4. The topological polar surface area (TPSA) is 487 Å². The first-order chi connectivity index (χ1) is 62.3. The molecule has 8 heterocycles. The number of nitrogens with one attached hydrogen (secondary N) is 5. The Bertz CT molecular complexity index is 4680. The lowest BCUT2D eigenvalue weighted by Gasteiger charge is -2.23. The number of aryl methyl sites for hydroxylation is 3. The van der Waals surface area contributed by atoms with Gasteiger partial charge in [0.15, 0.2) is 28.6 Å². The number of halogens is 4. The van der Waals surface area contributed by atoms with Crippen molar-refractivity contribution in [1.29, 1.82) is 10.5 Å². The Morgan fingerprint density at radius 2 is 1.01 bits per heavy atom. The van der Waals surface area contributed by atoms with E-state index in [-0.39, 0.29) is 41.3 Å². The standard InChI is InChI=1S/C21H28N6O3.C16H20ClN5O.C9H15N3O.C9H13NO2.C9H16O3.C7H6Cl2N2.C6H11O3.C6H10O2.C5H11NO.C3H5Br.C2H3N/c1-4-11-30-21(2,3)16-12-17(26-25-16)23-18-13-7-5-8-14(13)22-20(24-18)27-10-6-9-15(27)19(28)29;1-4-8-23-16(2,3)12-9-13(22-21-12)19-14-10-6-5-7-11(10)18-15(17)20-14;1-4-5-13-9(2,3)7-6-8(10)12-11-7;1-4-7-12-9(2,3)8(11)5-6-10;1-5-7-12-9(3,4)8(10)11-6-2;8-6-4-2-1-3-5(4)10-7(9)11-6;1-4-9-5(7)6(2,3)8;7-6(8)5-3-1-2-4-5;1-6-2-4-7-5-3-6;1-2-3-4;1-2-3/h4,12,15H,1,5-11H2,2-3H3,(H,28,29)(H2,22,23,24,25,26);4,9H,1,5-8H2,2-3H3,(H2,18,19,20,21,22);4,6H,1,5H2,2-3H3,(H3,10,11,12);4H,1,5,7H2,2-3H3;5H,1,6-7H2,2-4H3;1-3H2;8H,1,4H2,2-3H3;5H,1-4H2,(H,7,8);2-5H2,1H3;2H,1,3H2;1H3/q;;;;;;+1;;;;. The number of rotatable bonds is 32. The number of anilines is 6. The van der Waals surface area contributed by atoms with Crippen LogP contribution in [0.25, 0.3) is 0 Å². The van der Waals surface area contributed by atoms with Crippen LogP contribution in [-0.2, 0) is 117 Å². The number of aromatic nitrogens is 12. The average Bonchev–Trinajstić information content (AvgIpc) is 1.62. The number of carboxylic acid groups (broad SMARTS) is 2. The number of nitrogens with two attached hydrogens (primary N) is 1. The number of alkyl halides is 1. The summed E-state index contributed by atoms with van der Waals surface area (Å²) in [6, 6.07) is 8.56. The highest BCUT2D eigenvalue weighted by Crippen LogP contribution is 2.36. The summed E-state index contributed by atoms with van der Waals surface area (Å²) in [5, 5.41) is 72.3. The van der Waals surface area contributed by atoms with E-state index in [1.807, 2.05) is 53.7 Å². The summed E-state index contributed by atoms with van der Waals surface area (Å²) >= 11 is 20.6. The lowest BCUT2D eigenvalue weighted by molar-refractivity contribution is -0.166. The monoisotopic (exact) mass is 1960 g/mol. The van der Waals surface area contributed by atoms with Gasteiger partial charge in [-0.1, -0.05) is 76.8 Å². The van der Waals surface area contributed by atoms with Crippen molar-refractivity contribution in [2.45, 2.75) is 239 Å². The molecule has 1 atom stereocenters.